The molecule has 0 aliphatic carbocycles. The summed E-state index contributed by atoms with van der Waals surface area (Å²) in [5.74, 6) is 2.75. The van der Waals surface area contributed by atoms with E-state index < -0.39 is 0 Å². The molecule has 0 bridgehead atoms. The second-order valence-electron chi connectivity index (χ2n) is 8.25. The number of amides is 1. The van der Waals surface area contributed by atoms with E-state index in [4.69, 9.17) is 9.47 Å². The molecule has 174 valence electrons. The Labute approximate surface area is 198 Å². The van der Waals surface area contributed by atoms with Crippen LogP contribution in [0.15, 0.2) is 53.7 Å². The van der Waals surface area contributed by atoms with E-state index in [1.807, 2.05) is 53.1 Å². The number of hydrogen-bond acceptors (Lipinski definition) is 6. The predicted molar refractivity (Wildman–Crippen MR) is 130 cm³/mol. The van der Waals surface area contributed by atoms with Crippen LogP contribution in [0.5, 0.6) is 11.5 Å². The van der Waals surface area contributed by atoms with E-state index in [0.717, 1.165) is 46.6 Å². The Hall–Kier alpha value is -3.00. The van der Waals surface area contributed by atoms with Crippen molar-refractivity contribution in [2.24, 2.45) is 5.92 Å². The van der Waals surface area contributed by atoms with Gasteiger partial charge in [0.25, 0.3) is 0 Å². The van der Waals surface area contributed by atoms with E-state index in [9.17, 15) is 4.79 Å². The van der Waals surface area contributed by atoms with Crippen molar-refractivity contribution >= 4 is 17.7 Å². The normalized spacial score (nSPS) is 14.1. The monoisotopic (exact) mass is 466 g/mol. The number of aromatic nitrogens is 3. The highest BCUT2D eigenvalue weighted by molar-refractivity contribution is 7.99. The van der Waals surface area contributed by atoms with Gasteiger partial charge in [0.2, 0.25) is 5.91 Å². The van der Waals surface area contributed by atoms with Crippen LogP contribution in [-0.2, 0) is 11.3 Å². The summed E-state index contributed by atoms with van der Waals surface area (Å²) in [4.78, 5) is 12.9. The summed E-state index contributed by atoms with van der Waals surface area (Å²) in [5, 5.41) is 12.6. The molecule has 1 N–H and O–H groups in total. The van der Waals surface area contributed by atoms with Crippen LogP contribution >= 0.6 is 11.8 Å². The lowest BCUT2D eigenvalue weighted by Crippen LogP contribution is -2.33. The highest BCUT2D eigenvalue weighted by Crippen LogP contribution is 2.34. The number of carbonyl (C=O) groups excluding carboxylic acids is 1. The van der Waals surface area contributed by atoms with Gasteiger partial charge in [-0.3, -0.25) is 4.79 Å². The Bertz CT molecular complexity index is 1080. The summed E-state index contributed by atoms with van der Waals surface area (Å²) in [6, 6.07) is 15.8. The molecule has 1 aromatic heterocycles. The lowest BCUT2D eigenvalue weighted by atomic mass is 9.95. The SMILES string of the molecule is CCn1c(SCC(=O)N[C@H](c2ccc3c(c2)OCCCO3)C(C)C)nnc1-c1ccccc1. The van der Waals surface area contributed by atoms with Crippen molar-refractivity contribution in [3.05, 3.63) is 54.1 Å². The topological polar surface area (TPSA) is 78.3 Å². The van der Waals surface area contributed by atoms with Crippen LogP contribution in [0.2, 0.25) is 0 Å². The Morgan fingerprint density at radius 3 is 2.58 bits per heavy atom. The van der Waals surface area contributed by atoms with Crippen LogP contribution in [0.4, 0.5) is 0 Å². The summed E-state index contributed by atoms with van der Waals surface area (Å²) in [7, 11) is 0. The zero-order valence-corrected chi connectivity index (χ0v) is 20.1. The van der Waals surface area contributed by atoms with Gasteiger partial charge in [0, 0.05) is 18.5 Å². The molecule has 1 aliphatic rings. The maximum Gasteiger partial charge on any atom is 0.230 e. The molecule has 2 aromatic carbocycles. The van der Waals surface area contributed by atoms with Crippen molar-refractivity contribution in [1.82, 2.24) is 20.1 Å². The van der Waals surface area contributed by atoms with Crippen LogP contribution in [0.25, 0.3) is 11.4 Å². The number of benzene rings is 2. The van der Waals surface area contributed by atoms with Gasteiger partial charge in [-0.15, -0.1) is 10.2 Å². The molecule has 0 radical (unpaired) electrons. The fourth-order valence-corrected chi connectivity index (χ4v) is 4.65. The number of nitrogens with zero attached hydrogens (tertiary/aromatic N) is 3. The molecule has 0 saturated heterocycles. The van der Waals surface area contributed by atoms with Gasteiger partial charge in [-0.1, -0.05) is 62.0 Å². The number of rotatable bonds is 8. The number of fused-ring (bicyclic) bond motifs is 1. The molecule has 0 spiro atoms. The van der Waals surface area contributed by atoms with Crippen molar-refractivity contribution in [1.29, 1.82) is 0 Å². The summed E-state index contributed by atoms with van der Waals surface area (Å²) in [6.45, 7) is 8.27. The lowest BCUT2D eigenvalue weighted by molar-refractivity contribution is -0.119. The second kappa shape index (κ2) is 10.7. The van der Waals surface area contributed by atoms with Crippen LogP contribution in [0, 0.1) is 5.92 Å². The van der Waals surface area contributed by atoms with Gasteiger partial charge in [0.05, 0.1) is 25.0 Å². The molecule has 0 saturated carbocycles. The zero-order valence-electron chi connectivity index (χ0n) is 19.3. The van der Waals surface area contributed by atoms with Crippen molar-refractivity contribution in [2.75, 3.05) is 19.0 Å². The van der Waals surface area contributed by atoms with E-state index in [-0.39, 0.29) is 23.6 Å². The molecular formula is C25H30N4O3S. The number of carbonyl (C=O) groups is 1. The third kappa shape index (κ3) is 5.50. The smallest absolute Gasteiger partial charge is 0.230 e. The van der Waals surface area contributed by atoms with E-state index >= 15 is 0 Å². The lowest BCUT2D eigenvalue weighted by Gasteiger charge is -2.24. The largest absolute Gasteiger partial charge is 0.490 e. The number of nitrogens with one attached hydrogen (secondary N) is 1. The second-order valence-corrected chi connectivity index (χ2v) is 9.19. The van der Waals surface area contributed by atoms with Crippen molar-refractivity contribution in [2.45, 2.75) is 44.9 Å². The summed E-state index contributed by atoms with van der Waals surface area (Å²) < 4.78 is 13.6. The van der Waals surface area contributed by atoms with E-state index in [2.05, 4.69) is 36.3 Å². The molecular weight excluding hydrogens is 436 g/mol. The first-order chi connectivity index (χ1) is 16.1. The fourth-order valence-electron chi connectivity index (χ4n) is 3.83. The number of ether oxygens (including phenoxy) is 2. The quantitative estimate of drug-likeness (QED) is 0.484. The van der Waals surface area contributed by atoms with Crippen LogP contribution in [0.3, 0.4) is 0 Å². The minimum atomic E-state index is -0.126. The first-order valence-corrected chi connectivity index (χ1v) is 12.4. The van der Waals surface area contributed by atoms with Gasteiger partial charge in [-0.05, 0) is 30.5 Å². The molecule has 33 heavy (non-hydrogen) atoms. The van der Waals surface area contributed by atoms with Gasteiger partial charge in [-0.2, -0.15) is 0 Å². The van der Waals surface area contributed by atoms with Crippen LogP contribution in [0.1, 0.15) is 38.8 Å². The molecule has 4 rings (SSSR count). The molecule has 0 fully saturated rings. The van der Waals surface area contributed by atoms with Gasteiger partial charge in [0.1, 0.15) is 0 Å². The fraction of sp³-hybridized carbons (Fsp3) is 0.400. The van der Waals surface area contributed by atoms with Gasteiger partial charge < -0.3 is 19.4 Å². The predicted octanol–water partition coefficient (Wildman–Crippen LogP) is 4.73. The molecule has 3 aromatic rings. The molecule has 1 aliphatic heterocycles. The molecule has 1 amide bonds. The van der Waals surface area contributed by atoms with E-state index in [1.54, 1.807) is 0 Å². The number of hydrogen-bond donors (Lipinski definition) is 1. The van der Waals surface area contributed by atoms with Crippen LogP contribution in [-0.4, -0.2) is 39.6 Å². The van der Waals surface area contributed by atoms with E-state index in [1.165, 1.54) is 11.8 Å². The third-order valence-electron chi connectivity index (χ3n) is 5.51. The van der Waals surface area contributed by atoms with Gasteiger partial charge in [-0.25, -0.2) is 0 Å². The highest BCUT2D eigenvalue weighted by atomic mass is 32.2. The zero-order chi connectivity index (χ0) is 23.2. The number of thioether (sulfide) groups is 1. The third-order valence-corrected chi connectivity index (χ3v) is 6.48. The average Bonchev–Trinajstić information content (AvgIpc) is 3.10. The summed E-state index contributed by atoms with van der Waals surface area (Å²) >= 11 is 1.40. The Kier molecular flexibility index (Phi) is 7.54. The maximum atomic E-state index is 12.9. The Morgan fingerprint density at radius 2 is 1.85 bits per heavy atom. The Morgan fingerprint density at radius 1 is 1.09 bits per heavy atom. The summed E-state index contributed by atoms with van der Waals surface area (Å²) in [6.07, 6.45) is 0.861. The molecule has 8 heteroatoms. The van der Waals surface area contributed by atoms with Crippen molar-refractivity contribution in [3.8, 4) is 22.9 Å². The van der Waals surface area contributed by atoms with Gasteiger partial charge >= 0.3 is 0 Å². The standard InChI is InChI=1S/C25H30N4O3S/c1-4-29-24(18-9-6-5-7-10-18)27-28-25(29)33-16-22(30)26-23(17(2)3)19-11-12-20-21(15-19)32-14-8-13-31-20/h5-7,9-12,15,17,23H,4,8,13-14,16H2,1-3H3,(H,26,30)/t23-/m0/s1. The van der Waals surface area contributed by atoms with Crippen molar-refractivity contribution in [3.63, 3.8) is 0 Å². The van der Waals surface area contributed by atoms with Gasteiger partial charge in [0.15, 0.2) is 22.5 Å². The minimum Gasteiger partial charge on any atom is -0.490 e. The molecule has 1 atom stereocenters. The molecule has 7 nitrogen and oxygen atoms in total. The minimum absolute atomic E-state index is 0.0438. The summed E-state index contributed by atoms with van der Waals surface area (Å²) in [5.41, 5.74) is 2.02. The van der Waals surface area contributed by atoms with E-state index in [0.29, 0.717) is 13.2 Å². The average molecular weight is 467 g/mol. The molecule has 0 unspecified atom stereocenters. The first-order valence-electron chi connectivity index (χ1n) is 11.4. The highest BCUT2D eigenvalue weighted by Gasteiger charge is 2.22. The van der Waals surface area contributed by atoms with Crippen molar-refractivity contribution < 1.29 is 14.3 Å². The maximum absolute atomic E-state index is 12.9. The molecule has 2 heterocycles. The van der Waals surface area contributed by atoms with Crippen LogP contribution < -0.4 is 14.8 Å². The first kappa shape index (κ1) is 23.2. The Balaban J connectivity index is 1.43.